The van der Waals surface area contributed by atoms with Gasteiger partial charge < -0.3 is 10.0 Å². The van der Waals surface area contributed by atoms with Crippen LogP contribution in [0.15, 0.2) is 17.8 Å². The number of thiazole rings is 1. The molecule has 0 saturated carbocycles. The van der Waals surface area contributed by atoms with Gasteiger partial charge in [0.05, 0.1) is 0 Å². The van der Waals surface area contributed by atoms with Crippen molar-refractivity contribution >= 4 is 16.5 Å². The van der Waals surface area contributed by atoms with E-state index in [1.807, 2.05) is 20.3 Å². The maximum absolute atomic E-state index is 9.38. The summed E-state index contributed by atoms with van der Waals surface area (Å²) >= 11 is 1.76. The predicted octanol–water partition coefficient (Wildman–Crippen LogP) is 2.04. The van der Waals surface area contributed by atoms with Gasteiger partial charge in [0.25, 0.3) is 0 Å². The molecule has 1 aromatic heterocycles. The summed E-state index contributed by atoms with van der Waals surface area (Å²) in [5.41, 5.74) is 1.36. The highest BCUT2D eigenvalue weighted by molar-refractivity contribution is 7.15. The third kappa shape index (κ3) is 5.57. The van der Waals surface area contributed by atoms with Crippen LogP contribution < -0.4 is 4.90 Å². The Kier molecular flexibility index (Phi) is 7.02. The summed E-state index contributed by atoms with van der Waals surface area (Å²) in [4.78, 5) is 12.8. The largest absolute Gasteiger partial charge is 0.396 e. The molecule has 0 radical (unpaired) electrons. The molecule has 1 unspecified atom stereocenters. The van der Waals surface area contributed by atoms with E-state index in [2.05, 4.69) is 39.6 Å². The smallest absolute Gasteiger partial charge is 0.185 e. The molecule has 0 aromatic carbocycles. The summed E-state index contributed by atoms with van der Waals surface area (Å²) in [5.74, 6) is 0. The summed E-state index contributed by atoms with van der Waals surface area (Å²) in [6, 6.07) is 0.436. The predicted molar refractivity (Wildman–Crippen MR) is 98.2 cm³/mol. The van der Waals surface area contributed by atoms with Gasteiger partial charge >= 0.3 is 0 Å². The fraction of sp³-hybridized carbons (Fsp3) is 0.706. The number of aliphatic hydroxyl groups is 1. The maximum atomic E-state index is 9.38. The van der Waals surface area contributed by atoms with E-state index in [1.54, 1.807) is 11.3 Å². The molecule has 1 N–H and O–H groups in total. The Morgan fingerprint density at radius 3 is 2.83 bits per heavy atom. The lowest BCUT2D eigenvalue weighted by atomic mass is 10.1. The van der Waals surface area contributed by atoms with Gasteiger partial charge in [0, 0.05) is 70.5 Å². The fourth-order valence-corrected chi connectivity index (χ4v) is 3.74. The van der Waals surface area contributed by atoms with Crippen LogP contribution in [-0.4, -0.2) is 72.8 Å². The van der Waals surface area contributed by atoms with Crippen molar-refractivity contribution in [3.05, 3.63) is 22.7 Å². The number of aromatic nitrogens is 1. The van der Waals surface area contributed by atoms with E-state index in [4.69, 9.17) is 0 Å². The molecule has 5 nitrogen and oxygen atoms in total. The van der Waals surface area contributed by atoms with E-state index in [0.29, 0.717) is 6.04 Å². The standard InChI is InChI=1S/C17H30N4OS/c1-14(2)5-7-21-9-8-20(12-15(21)6-10-22)13-16-11-18-17(23-16)19(3)4/h5,11,15,22H,6-10,12-13H2,1-4H3. The van der Waals surface area contributed by atoms with Gasteiger partial charge in [-0.05, 0) is 20.3 Å². The van der Waals surface area contributed by atoms with E-state index < -0.39 is 0 Å². The Morgan fingerprint density at radius 1 is 1.43 bits per heavy atom. The number of piperazine rings is 1. The van der Waals surface area contributed by atoms with Crippen LogP contribution in [0.4, 0.5) is 5.13 Å². The average Bonchev–Trinajstić information content (AvgIpc) is 2.95. The molecule has 1 atom stereocenters. The van der Waals surface area contributed by atoms with E-state index in [-0.39, 0.29) is 6.61 Å². The molecule has 130 valence electrons. The van der Waals surface area contributed by atoms with E-state index in [1.165, 1.54) is 10.5 Å². The minimum absolute atomic E-state index is 0.259. The van der Waals surface area contributed by atoms with Gasteiger partial charge in [0.1, 0.15) is 0 Å². The van der Waals surface area contributed by atoms with Gasteiger partial charge in [-0.15, -0.1) is 11.3 Å². The van der Waals surface area contributed by atoms with Crippen molar-refractivity contribution in [2.75, 3.05) is 51.8 Å². The van der Waals surface area contributed by atoms with Crippen molar-refractivity contribution in [1.82, 2.24) is 14.8 Å². The minimum atomic E-state index is 0.259. The first-order valence-electron chi connectivity index (χ1n) is 8.32. The van der Waals surface area contributed by atoms with Crippen LogP contribution >= 0.6 is 11.3 Å². The summed E-state index contributed by atoms with van der Waals surface area (Å²) in [6.45, 7) is 9.66. The molecule has 2 heterocycles. The molecule has 2 rings (SSSR count). The Labute approximate surface area is 144 Å². The van der Waals surface area contributed by atoms with Gasteiger partial charge in [-0.1, -0.05) is 11.6 Å². The van der Waals surface area contributed by atoms with Gasteiger partial charge in [0.2, 0.25) is 0 Å². The Balaban J connectivity index is 1.93. The normalized spacial score (nSPS) is 19.8. The third-order valence-corrected chi connectivity index (χ3v) is 5.34. The van der Waals surface area contributed by atoms with Gasteiger partial charge in [0.15, 0.2) is 5.13 Å². The lowest BCUT2D eigenvalue weighted by molar-refractivity contribution is 0.0642. The second kappa shape index (κ2) is 8.78. The zero-order valence-electron chi connectivity index (χ0n) is 14.8. The van der Waals surface area contributed by atoms with Crippen LogP contribution in [0.25, 0.3) is 0 Å². The molecule has 6 heteroatoms. The first-order valence-corrected chi connectivity index (χ1v) is 9.14. The minimum Gasteiger partial charge on any atom is -0.396 e. The van der Waals surface area contributed by atoms with Crippen LogP contribution in [0.3, 0.4) is 0 Å². The zero-order chi connectivity index (χ0) is 16.8. The van der Waals surface area contributed by atoms with Gasteiger partial charge in [-0.25, -0.2) is 4.98 Å². The highest BCUT2D eigenvalue weighted by Gasteiger charge is 2.26. The number of rotatable bonds is 7. The Hall–Kier alpha value is -0.950. The Bertz CT molecular complexity index is 510. The first-order chi connectivity index (χ1) is 11.0. The molecule has 0 amide bonds. The summed E-state index contributed by atoms with van der Waals surface area (Å²) in [6.07, 6.45) is 5.13. The SMILES string of the molecule is CC(C)=CCN1CCN(Cc2cnc(N(C)C)s2)CC1CCO. The number of nitrogens with zero attached hydrogens (tertiary/aromatic N) is 4. The first kappa shape index (κ1) is 18.4. The molecule has 1 saturated heterocycles. The van der Waals surface area contributed by atoms with Gasteiger partial charge in [-0.3, -0.25) is 9.80 Å². The van der Waals surface area contributed by atoms with Crippen molar-refractivity contribution in [2.24, 2.45) is 0 Å². The number of hydrogen-bond acceptors (Lipinski definition) is 6. The molecule has 0 bridgehead atoms. The third-order valence-electron chi connectivity index (χ3n) is 4.19. The topological polar surface area (TPSA) is 42.8 Å². The van der Waals surface area contributed by atoms with Crippen molar-refractivity contribution < 1.29 is 5.11 Å². The van der Waals surface area contributed by atoms with Crippen LogP contribution in [-0.2, 0) is 6.54 Å². The summed E-state index contributed by atoms with van der Waals surface area (Å²) < 4.78 is 0. The van der Waals surface area contributed by atoms with Crippen molar-refractivity contribution in [1.29, 1.82) is 0 Å². The quantitative estimate of drug-likeness (QED) is 0.771. The van der Waals surface area contributed by atoms with E-state index in [0.717, 1.165) is 44.3 Å². The molecular formula is C17H30N4OS. The summed E-state index contributed by atoms with van der Waals surface area (Å²) in [7, 11) is 4.06. The zero-order valence-corrected chi connectivity index (χ0v) is 15.6. The monoisotopic (exact) mass is 338 g/mol. The van der Waals surface area contributed by atoms with Crippen LogP contribution in [0.5, 0.6) is 0 Å². The molecule has 1 fully saturated rings. The van der Waals surface area contributed by atoms with Crippen LogP contribution in [0, 0.1) is 0 Å². The molecule has 0 spiro atoms. The molecule has 23 heavy (non-hydrogen) atoms. The molecule has 1 aromatic rings. The number of hydrogen-bond donors (Lipinski definition) is 1. The lowest BCUT2D eigenvalue weighted by Gasteiger charge is -2.41. The summed E-state index contributed by atoms with van der Waals surface area (Å²) in [5, 5.41) is 10.4. The molecule has 1 aliphatic heterocycles. The second-order valence-electron chi connectivity index (χ2n) is 6.68. The number of allylic oxidation sites excluding steroid dienone is 1. The molecule has 0 aliphatic carbocycles. The fourth-order valence-electron chi connectivity index (χ4n) is 2.86. The molecule has 1 aliphatic rings. The van der Waals surface area contributed by atoms with Crippen LogP contribution in [0.1, 0.15) is 25.1 Å². The Morgan fingerprint density at radius 2 is 2.22 bits per heavy atom. The van der Waals surface area contributed by atoms with E-state index in [9.17, 15) is 5.11 Å². The van der Waals surface area contributed by atoms with Crippen molar-refractivity contribution in [3.8, 4) is 0 Å². The number of anilines is 1. The highest BCUT2D eigenvalue weighted by atomic mass is 32.1. The average molecular weight is 339 g/mol. The number of aliphatic hydroxyl groups excluding tert-OH is 1. The van der Waals surface area contributed by atoms with Crippen LogP contribution in [0.2, 0.25) is 0 Å². The van der Waals surface area contributed by atoms with E-state index >= 15 is 0 Å². The van der Waals surface area contributed by atoms with Gasteiger partial charge in [-0.2, -0.15) is 0 Å². The highest BCUT2D eigenvalue weighted by Crippen LogP contribution is 2.23. The maximum Gasteiger partial charge on any atom is 0.185 e. The van der Waals surface area contributed by atoms with Crippen molar-refractivity contribution in [3.63, 3.8) is 0 Å². The second-order valence-corrected chi connectivity index (χ2v) is 7.77. The molecular weight excluding hydrogens is 308 g/mol. The van der Waals surface area contributed by atoms with Crippen molar-refractivity contribution in [2.45, 2.75) is 32.9 Å². The lowest BCUT2D eigenvalue weighted by Crippen LogP contribution is -2.52.